The SMILES string of the molecule is CCOc1ccc(S(=O)(=O)NNS(=O)(=O)c2ccccc2)cc1. The smallest absolute Gasteiger partial charge is 0.254 e. The second kappa shape index (κ2) is 7.09. The Kier molecular flexibility index (Phi) is 5.37. The first-order valence-electron chi connectivity index (χ1n) is 6.67. The quantitative estimate of drug-likeness (QED) is 0.727. The molecule has 0 aliphatic rings. The van der Waals surface area contributed by atoms with Crippen LogP contribution in [0.25, 0.3) is 0 Å². The highest BCUT2D eigenvalue weighted by atomic mass is 32.2. The summed E-state index contributed by atoms with van der Waals surface area (Å²) >= 11 is 0. The number of sulfonamides is 2. The molecule has 0 amide bonds. The van der Waals surface area contributed by atoms with Crippen LogP contribution >= 0.6 is 0 Å². The largest absolute Gasteiger partial charge is 0.494 e. The average Bonchev–Trinajstić information content (AvgIpc) is 2.55. The highest BCUT2D eigenvalue weighted by Crippen LogP contribution is 2.15. The van der Waals surface area contributed by atoms with Gasteiger partial charge in [0.15, 0.2) is 0 Å². The van der Waals surface area contributed by atoms with Crippen LogP contribution in [0.3, 0.4) is 0 Å². The van der Waals surface area contributed by atoms with Gasteiger partial charge in [0, 0.05) is 0 Å². The third-order valence-electron chi connectivity index (χ3n) is 2.81. The Bertz CT molecular complexity index is 848. The van der Waals surface area contributed by atoms with Gasteiger partial charge in [-0.1, -0.05) is 18.2 Å². The molecular weight excluding hydrogens is 340 g/mol. The van der Waals surface area contributed by atoms with E-state index in [0.29, 0.717) is 12.4 Å². The summed E-state index contributed by atoms with van der Waals surface area (Å²) in [4.78, 5) is 3.58. The molecular formula is C14H16N2O5S2. The van der Waals surface area contributed by atoms with E-state index >= 15 is 0 Å². The van der Waals surface area contributed by atoms with Crippen molar-refractivity contribution in [2.75, 3.05) is 6.61 Å². The van der Waals surface area contributed by atoms with Crippen molar-refractivity contribution in [3.63, 3.8) is 0 Å². The lowest BCUT2D eigenvalue weighted by Gasteiger charge is -2.10. The van der Waals surface area contributed by atoms with Gasteiger partial charge >= 0.3 is 0 Å². The van der Waals surface area contributed by atoms with Gasteiger partial charge in [-0.25, -0.2) is 16.8 Å². The number of hydrogen-bond acceptors (Lipinski definition) is 5. The second-order valence-electron chi connectivity index (χ2n) is 4.43. The van der Waals surface area contributed by atoms with Crippen LogP contribution in [0.2, 0.25) is 0 Å². The van der Waals surface area contributed by atoms with Crippen LogP contribution in [0.4, 0.5) is 0 Å². The predicted octanol–water partition coefficient (Wildman–Crippen LogP) is 1.26. The first kappa shape index (κ1) is 17.4. The van der Waals surface area contributed by atoms with Crippen molar-refractivity contribution in [1.82, 2.24) is 9.66 Å². The first-order chi connectivity index (χ1) is 10.8. The van der Waals surface area contributed by atoms with Gasteiger partial charge in [0.2, 0.25) is 0 Å². The van der Waals surface area contributed by atoms with E-state index < -0.39 is 20.0 Å². The first-order valence-corrected chi connectivity index (χ1v) is 9.63. The molecule has 0 unspecified atom stereocenters. The van der Waals surface area contributed by atoms with Gasteiger partial charge in [-0.3, -0.25) is 0 Å². The topological polar surface area (TPSA) is 102 Å². The standard InChI is InChI=1S/C14H16N2O5S2/c1-2-21-12-8-10-14(11-9-12)23(19,20)16-15-22(17,18)13-6-4-3-5-7-13/h3-11,15-16H,2H2,1H3. The number of nitrogens with one attached hydrogen (secondary N) is 2. The number of hydrogen-bond donors (Lipinski definition) is 2. The summed E-state index contributed by atoms with van der Waals surface area (Å²) in [6.45, 7) is 2.27. The minimum Gasteiger partial charge on any atom is -0.494 e. The van der Waals surface area contributed by atoms with E-state index in [-0.39, 0.29) is 9.79 Å². The zero-order valence-corrected chi connectivity index (χ0v) is 13.9. The second-order valence-corrected chi connectivity index (χ2v) is 7.79. The fourth-order valence-electron chi connectivity index (χ4n) is 1.71. The highest BCUT2D eigenvalue weighted by molar-refractivity contribution is 7.92. The van der Waals surface area contributed by atoms with Crippen molar-refractivity contribution >= 4 is 20.0 Å². The molecule has 0 fully saturated rings. The van der Waals surface area contributed by atoms with Gasteiger partial charge in [-0.05, 0) is 43.3 Å². The van der Waals surface area contributed by atoms with E-state index in [2.05, 4.69) is 0 Å². The summed E-state index contributed by atoms with van der Waals surface area (Å²) in [6.07, 6.45) is 0. The molecule has 2 aromatic carbocycles. The third-order valence-corrected chi connectivity index (χ3v) is 5.47. The molecule has 2 N–H and O–H groups in total. The van der Waals surface area contributed by atoms with Gasteiger partial charge in [-0.2, -0.15) is 0 Å². The molecule has 9 heteroatoms. The Labute approximate surface area is 135 Å². The maximum Gasteiger partial charge on any atom is 0.254 e. The molecule has 124 valence electrons. The maximum atomic E-state index is 12.1. The summed E-state index contributed by atoms with van der Waals surface area (Å²) in [5.41, 5.74) is 0. The summed E-state index contributed by atoms with van der Waals surface area (Å²) in [6, 6.07) is 13.1. The van der Waals surface area contributed by atoms with E-state index in [0.717, 1.165) is 0 Å². The fourth-order valence-corrected chi connectivity index (χ4v) is 3.83. The Balaban J connectivity index is 2.12. The molecule has 0 radical (unpaired) electrons. The summed E-state index contributed by atoms with van der Waals surface area (Å²) < 4.78 is 53.4. The highest BCUT2D eigenvalue weighted by Gasteiger charge is 2.19. The molecule has 7 nitrogen and oxygen atoms in total. The fraction of sp³-hybridized carbons (Fsp3) is 0.143. The minimum absolute atomic E-state index is 0.0469. The summed E-state index contributed by atoms with van der Waals surface area (Å²) in [5.74, 6) is 0.524. The van der Waals surface area contributed by atoms with Gasteiger partial charge in [0.1, 0.15) is 5.75 Å². The molecule has 2 aromatic rings. The van der Waals surface area contributed by atoms with Gasteiger partial charge in [-0.15, -0.1) is 9.66 Å². The van der Waals surface area contributed by atoms with E-state index in [4.69, 9.17) is 4.74 Å². The molecule has 0 saturated carbocycles. The van der Waals surface area contributed by atoms with E-state index in [9.17, 15) is 16.8 Å². The average molecular weight is 356 g/mol. The maximum absolute atomic E-state index is 12.1. The molecule has 0 saturated heterocycles. The molecule has 0 atom stereocenters. The molecule has 23 heavy (non-hydrogen) atoms. The molecule has 0 aliphatic carbocycles. The molecule has 0 aliphatic heterocycles. The minimum atomic E-state index is -4.03. The summed E-state index contributed by atoms with van der Waals surface area (Å²) in [5, 5.41) is 0. The Morgan fingerprint density at radius 1 is 0.783 bits per heavy atom. The third kappa shape index (κ3) is 4.52. The van der Waals surface area contributed by atoms with Crippen LogP contribution in [0.1, 0.15) is 6.92 Å². The normalized spacial score (nSPS) is 12.0. The van der Waals surface area contributed by atoms with Crippen molar-refractivity contribution < 1.29 is 21.6 Å². The molecule has 0 spiro atoms. The number of hydrazine groups is 1. The monoisotopic (exact) mass is 356 g/mol. The summed E-state index contributed by atoms with van der Waals surface area (Å²) in [7, 11) is -8.01. The van der Waals surface area contributed by atoms with Crippen molar-refractivity contribution in [1.29, 1.82) is 0 Å². The number of rotatable bonds is 7. The molecule has 0 heterocycles. The number of benzene rings is 2. The molecule has 0 aromatic heterocycles. The van der Waals surface area contributed by atoms with Crippen molar-refractivity contribution in [3.05, 3.63) is 54.6 Å². The van der Waals surface area contributed by atoms with Crippen LogP contribution in [0.15, 0.2) is 64.4 Å². The zero-order valence-electron chi connectivity index (χ0n) is 12.3. The van der Waals surface area contributed by atoms with Crippen LogP contribution in [0.5, 0.6) is 5.75 Å². The Morgan fingerprint density at radius 2 is 1.26 bits per heavy atom. The van der Waals surface area contributed by atoms with E-state index in [1.54, 1.807) is 6.07 Å². The Morgan fingerprint density at radius 3 is 1.74 bits per heavy atom. The number of ether oxygens (including phenoxy) is 1. The van der Waals surface area contributed by atoms with Crippen molar-refractivity contribution in [2.45, 2.75) is 16.7 Å². The van der Waals surface area contributed by atoms with Gasteiger partial charge in [0.05, 0.1) is 16.4 Å². The van der Waals surface area contributed by atoms with Crippen molar-refractivity contribution in [3.8, 4) is 5.75 Å². The zero-order chi connectivity index (χ0) is 16.9. The lowest BCUT2D eigenvalue weighted by Crippen LogP contribution is -2.41. The van der Waals surface area contributed by atoms with Crippen LogP contribution in [-0.2, 0) is 20.0 Å². The van der Waals surface area contributed by atoms with Crippen LogP contribution < -0.4 is 14.4 Å². The van der Waals surface area contributed by atoms with E-state index in [1.165, 1.54) is 48.5 Å². The lowest BCUT2D eigenvalue weighted by molar-refractivity contribution is 0.340. The van der Waals surface area contributed by atoms with Crippen molar-refractivity contribution in [2.24, 2.45) is 0 Å². The molecule has 0 bridgehead atoms. The van der Waals surface area contributed by atoms with E-state index in [1.807, 2.05) is 16.6 Å². The Hall–Kier alpha value is -1.94. The van der Waals surface area contributed by atoms with Gasteiger partial charge < -0.3 is 4.74 Å². The van der Waals surface area contributed by atoms with Crippen LogP contribution in [0, 0.1) is 0 Å². The predicted molar refractivity (Wildman–Crippen MR) is 84.7 cm³/mol. The van der Waals surface area contributed by atoms with Gasteiger partial charge in [0.25, 0.3) is 20.0 Å². The molecule has 2 rings (SSSR count). The van der Waals surface area contributed by atoms with Crippen LogP contribution in [-0.4, -0.2) is 23.4 Å². The lowest BCUT2D eigenvalue weighted by atomic mass is 10.3.